The van der Waals surface area contributed by atoms with Crippen molar-refractivity contribution >= 4 is 21.9 Å². The summed E-state index contributed by atoms with van der Waals surface area (Å²) < 4.78 is 24.5. The number of carbonyl (C=O) groups excluding carboxylic acids is 1. The molecule has 2 aliphatic rings. The topological polar surface area (TPSA) is 95.0 Å². The highest BCUT2D eigenvalue weighted by atomic mass is 32.2. The molecular formula is C13H20N2O5S. The second kappa shape index (κ2) is 5.10. The molecule has 2 rings (SSSR count). The van der Waals surface area contributed by atoms with E-state index in [9.17, 15) is 23.1 Å². The zero-order valence-corrected chi connectivity index (χ0v) is 13.2. The molecule has 1 N–H and O–H groups in total. The summed E-state index contributed by atoms with van der Waals surface area (Å²) >= 11 is 0. The minimum absolute atomic E-state index is 0.0572. The van der Waals surface area contributed by atoms with Gasteiger partial charge in [-0.1, -0.05) is 5.57 Å². The first-order chi connectivity index (χ1) is 9.56. The molecule has 1 amide bonds. The Labute approximate surface area is 124 Å². The summed E-state index contributed by atoms with van der Waals surface area (Å²) in [5.74, 6) is -1.61. The fourth-order valence-corrected chi connectivity index (χ4v) is 4.00. The van der Waals surface area contributed by atoms with Gasteiger partial charge in [-0.05, 0) is 13.8 Å². The average Bonchev–Trinajstić information content (AvgIpc) is 2.80. The summed E-state index contributed by atoms with van der Waals surface area (Å²) in [6.45, 7) is 4.02. The van der Waals surface area contributed by atoms with E-state index >= 15 is 0 Å². The highest BCUT2D eigenvalue weighted by molar-refractivity contribution is 7.88. The SMILES string of the molecule is CC(C)=CC(=O)N1C[C@H]2CN(S(C)(=O)=O)C[C@@]2(C(=O)O)C1. The van der Waals surface area contributed by atoms with Crippen LogP contribution in [0.25, 0.3) is 0 Å². The Bertz CT molecular complexity index is 608. The maximum Gasteiger partial charge on any atom is 0.313 e. The maximum absolute atomic E-state index is 12.1. The van der Waals surface area contributed by atoms with Gasteiger partial charge in [0.05, 0.1) is 6.26 Å². The lowest BCUT2D eigenvalue weighted by Crippen LogP contribution is -2.42. The number of nitrogens with zero attached hydrogens (tertiary/aromatic N) is 2. The number of carbonyl (C=O) groups is 2. The fraction of sp³-hybridized carbons (Fsp3) is 0.692. The van der Waals surface area contributed by atoms with Gasteiger partial charge in [0.25, 0.3) is 0 Å². The Morgan fingerprint density at radius 3 is 2.29 bits per heavy atom. The largest absolute Gasteiger partial charge is 0.481 e. The van der Waals surface area contributed by atoms with E-state index in [1.807, 2.05) is 0 Å². The van der Waals surface area contributed by atoms with Crippen LogP contribution in [0.5, 0.6) is 0 Å². The molecule has 2 aliphatic heterocycles. The third-order valence-corrected chi connectivity index (χ3v) is 5.41. The molecule has 8 heteroatoms. The van der Waals surface area contributed by atoms with Crippen molar-refractivity contribution in [2.45, 2.75) is 13.8 Å². The normalized spacial score (nSPS) is 29.3. The summed E-state index contributed by atoms with van der Waals surface area (Å²) in [4.78, 5) is 25.3. The monoisotopic (exact) mass is 316 g/mol. The number of carboxylic acid groups (broad SMARTS) is 1. The molecule has 7 nitrogen and oxygen atoms in total. The zero-order valence-electron chi connectivity index (χ0n) is 12.4. The smallest absolute Gasteiger partial charge is 0.313 e. The highest BCUT2D eigenvalue weighted by Gasteiger charge is 2.59. The summed E-state index contributed by atoms with van der Waals surface area (Å²) in [6.07, 6.45) is 2.56. The first kappa shape index (κ1) is 16.0. The van der Waals surface area contributed by atoms with Crippen molar-refractivity contribution in [3.8, 4) is 0 Å². The minimum Gasteiger partial charge on any atom is -0.481 e. The summed E-state index contributed by atoms with van der Waals surface area (Å²) in [5.41, 5.74) is -0.340. The van der Waals surface area contributed by atoms with E-state index in [1.165, 1.54) is 15.3 Å². The average molecular weight is 316 g/mol. The maximum atomic E-state index is 12.1. The van der Waals surface area contributed by atoms with Gasteiger partial charge in [-0.15, -0.1) is 0 Å². The number of fused-ring (bicyclic) bond motifs is 1. The lowest BCUT2D eigenvalue weighted by Gasteiger charge is -2.24. The number of sulfonamides is 1. The van der Waals surface area contributed by atoms with Crippen molar-refractivity contribution in [3.05, 3.63) is 11.6 Å². The van der Waals surface area contributed by atoms with Gasteiger partial charge in [0, 0.05) is 38.2 Å². The molecular weight excluding hydrogens is 296 g/mol. The first-order valence-electron chi connectivity index (χ1n) is 6.68. The van der Waals surface area contributed by atoms with Crippen molar-refractivity contribution in [2.75, 3.05) is 32.4 Å². The van der Waals surface area contributed by atoms with Gasteiger partial charge in [0.15, 0.2) is 0 Å². The van der Waals surface area contributed by atoms with Crippen LogP contribution in [0.2, 0.25) is 0 Å². The molecule has 0 spiro atoms. The van der Waals surface area contributed by atoms with Crippen molar-refractivity contribution in [1.29, 1.82) is 0 Å². The molecule has 2 saturated heterocycles. The Hall–Kier alpha value is -1.41. The van der Waals surface area contributed by atoms with E-state index in [0.29, 0.717) is 0 Å². The van der Waals surface area contributed by atoms with E-state index < -0.39 is 21.4 Å². The lowest BCUT2D eigenvalue weighted by molar-refractivity contribution is -0.148. The van der Waals surface area contributed by atoms with Crippen LogP contribution >= 0.6 is 0 Å². The molecule has 0 unspecified atom stereocenters. The zero-order chi connectivity index (χ0) is 16.0. The molecule has 2 fully saturated rings. The molecule has 21 heavy (non-hydrogen) atoms. The molecule has 0 radical (unpaired) electrons. The first-order valence-corrected chi connectivity index (χ1v) is 8.53. The van der Waals surface area contributed by atoms with Crippen molar-refractivity contribution in [2.24, 2.45) is 11.3 Å². The second-order valence-electron chi connectivity index (χ2n) is 6.15. The number of allylic oxidation sites excluding steroid dienone is 1. The molecule has 0 aromatic carbocycles. The standard InChI is InChI=1S/C13H20N2O5S/c1-9(2)4-11(16)14-5-10-6-15(21(3,19)20)8-13(10,7-14)12(17)18/h4,10H,5-8H2,1-3H3,(H,17,18)/t10-,13-/m0/s1. The summed E-state index contributed by atoms with van der Waals surface area (Å²) in [7, 11) is -3.42. The number of likely N-dealkylation sites (tertiary alicyclic amines) is 1. The van der Waals surface area contributed by atoms with Gasteiger partial charge in [-0.2, -0.15) is 0 Å². The van der Waals surface area contributed by atoms with Gasteiger partial charge in [-0.25, -0.2) is 12.7 Å². The Kier molecular flexibility index (Phi) is 3.88. The Morgan fingerprint density at radius 1 is 1.24 bits per heavy atom. The molecule has 0 aliphatic carbocycles. The second-order valence-corrected chi connectivity index (χ2v) is 8.14. The Balaban J connectivity index is 2.25. The highest BCUT2D eigenvalue weighted by Crippen LogP contribution is 2.43. The number of rotatable bonds is 3. The minimum atomic E-state index is -3.42. The van der Waals surface area contributed by atoms with Crippen molar-refractivity contribution in [1.82, 2.24) is 9.21 Å². The van der Waals surface area contributed by atoms with Crippen molar-refractivity contribution in [3.63, 3.8) is 0 Å². The van der Waals surface area contributed by atoms with Crippen LogP contribution in [0, 0.1) is 11.3 Å². The van der Waals surface area contributed by atoms with E-state index in [1.54, 1.807) is 13.8 Å². The van der Waals surface area contributed by atoms with Crippen LogP contribution < -0.4 is 0 Å². The van der Waals surface area contributed by atoms with Gasteiger partial charge in [-0.3, -0.25) is 9.59 Å². The van der Waals surface area contributed by atoms with Crippen LogP contribution in [0.3, 0.4) is 0 Å². The van der Waals surface area contributed by atoms with E-state index in [2.05, 4.69) is 0 Å². The quantitative estimate of drug-likeness (QED) is 0.725. The third-order valence-electron chi connectivity index (χ3n) is 4.20. The van der Waals surface area contributed by atoms with Gasteiger partial charge in [0.2, 0.25) is 15.9 Å². The van der Waals surface area contributed by atoms with Gasteiger partial charge in [0.1, 0.15) is 5.41 Å². The molecule has 0 bridgehead atoms. The molecule has 0 saturated carbocycles. The van der Waals surface area contributed by atoms with E-state index in [-0.39, 0.29) is 38.0 Å². The molecule has 2 atom stereocenters. The summed E-state index contributed by atoms with van der Waals surface area (Å²) in [6, 6.07) is 0. The number of aliphatic carboxylic acids is 1. The predicted molar refractivity (Wildman–Crippen MR) is 76.0 cm³/mol. The van der Waals surface area contributed by atoms with Crippen LogP contribution in [-0.4, -0.2) is 67.0 Å². The number of hydrogen-bond donors (Lipinski definition) is 1. The third kappa shape index (κ3) is 2.82. The van der Waals surface area contributed by atoms with Crippen LogP contribution in [0.1, 0.15) is 13.8 Å². The van der Waals surface area contributed by atoms with Crippen LogP contribution in [0.4, 0.5) is 0 Å². The molecule has 0 aromatic rings. The summed E-state index contributed by atoms with van der Waals surface area (Å²) in [5, 5.41) is 9.56. The van der Waals surface area contributed by atoms with Gasteiger partial charge >= 0.3 is 5.97 Å². The van der Waals surface area contributed by atoms with Gasteiger partial charge < -0.3 is 10.0 Å². The molecule has 118 valence electrons. The number of amides is 1. The van der Waals surface area contributed by atoms with Crippen LogP contribution in [0.15, 0.2) is 11.6 Å². The van der Waals surface area contributed by atoms with E-state index in [4.69, 9.17) is 0 Å². The molecule has 0 aromatic heterocycles. The number of hydrogen-bond acceptors (Lipinski definition) is 4. The van der Waals surface area contributed by atoms with E-state index in [0.717, 1.165) is 11.8 Å². The number of carboxylic acids is 1. The van der Waals surface area contributed by atoms with Crippen LogP contribution in [-0.2, 0) is 19.6 Å². The fourth-order valence-electron chi connectivity index (χ4n) is 3.08. The Morgan fingerprint density at radius 2 is 1.86 bits per heavy atom. The lowest BCUT2D eigenvalue weighted by atomic mass is 9.81. The van der Waals surface area contributed by atoms with Crippen molar-refractivity contribution < 1.29 is 23.1 Å². The molecule has 2 heterocycles. The predicted octanol–water partition coefficient (Wildman–Crippen LogP) is -0.243.